The van der Waals surface area contributed by atoms with E-state index in [1.807, 2.05) is 25.1 Å². The molecule has 2 heteroatoms. The van der Waals surface area contributed by atoms with Gasteiger partial charge in [0.25, 0.3) is 0 Å². The molecule has 0 amide bonds. The highest BCUT2D eigenvalue weighted by atomic mass is 35.5. The van der Waals surface area contributed by atoms with Gasteiger partial charge in [0, 0.05) is 5.54 Å². The quantitative estimate of drug-likeness (QED) is 0.554. The molecule has 1 aromatic carbocycles. The van der Waals surface area contributed by atoms with Gasteiger partial charge in [0.15, 0.2) is 0 Å². The van der Waals surface area contributed by atoms with Crippen LogP contribution < -0.4 is 0 Å². The molecule has 0 atom stereocenters. The average Bonchev–Trinajstić information content (AvgIpc) is 2.41. The van der Waals surface area contributed by atoms with Crippen LogP contribution in [0, 0.1) is 11.7 Å². The van der Waals surface area contributed by atoms with Crippen molar-refractivity contribution in [2.75, 3.05) is 0 Å². The van der Waals surface area contributed by atoms with E-state index in [4.69, 9.17) is 11.6 Å². The van der Waals surface area contributed by atoms with Gasteiger partial charge in [-0.1, -0.05) is 69.7 Å². The zero-order valence-corrected chi connectivity index (χ0v) is 13.2. The lowest BCUT2D eigenvalue weighted by Crippen LogP contribution is -1.99. The molecule has 0 aliphatic heterocycles. The van der Waals surface area contributed by atoms with Crippen molar-refractivity contribution in [1.29, 1.82) is 0 Å². The fourth-order valence-electron chi connectivity index (χ4n) is 2.20. The summed E-state index contributed by atoms with van der Waals surface area (Å²) in [5.74, 6) is 0.124. The second kappa shape index (κ2) is 8.06. The number of benzene rings is 1. The van der Waals surface area contributed by atoms with Crippen LogP contribution in [0.3, 0.4) is 0 Å². The number of hydrogen-bond donors (Lipinski definition) is 0. The van der Waals surface area contributed by atoms with Crippen molar-refractivity contribution in [3.05, 3.63) is 65.0 Å². The van der Waals surface area contributed by atoms with Gasteiger partial charge in [-0.05, 0) is 40.7 Å². The topological polar surface area (TPSA) is 0 Å². The Balaban J connectivity index is 3.23. The van der Waals surface area contributed by atoms with Crippen molar-refractivity contribution in [2.24, 2.45) is 5.92 Å². The second-order valence-electron chi connectivity index (χ2n) is 5.09. The predicted molar refractivity (Wildman–Crippen MR) is 87.3 cm³/mol. The molecule has 0 saturated heterocycles. The minimum Gasteiger partial charge on any atom is -0.207 e. The van der Waals surface area contributed by atoms with Crippen molar-refractivity contribution in [3.8, 4) is 0 Å². The van der Waals surface area contributed by atoms with E-state index in [9.17, 15) is 4.39 Å². The molecule has 0 spiro atoms. The van der Waals surface area contributed by atoms with Crippen LogP contribution >= 0.6 is 11.6 Å². The van der Waals surface area contributed by atoms with Crippen molar-refractivity contribution in [3.63, 3.8) is 0 Å². The number of aryl methyl sites for hydroxylation is 1. The normalized spacial score (nSPS) is 12.9. The van der Waals surface area contributed by atoms with Crippen LogP contribution in [0.5, 0.6) is 0 Å². The zero-order valence-electron chi connectivity index (χ0n) is 12.4. The van der Waals surface area contributed by atoms with Crippen molar-refractivity contribution in [1.82, 2.24) is 0 Å². The summed E-state index contributed by atoms with van der Waals surface area (Å²) >= 11 is 5.97. The molecule has 0 nitrogen and oxygen atoms in total. The predicted octanol–water partition coefficient (Wildman–Crippen LogP) is 6.13. The fourth-order valence-corrected chi connectivity index (χ4v) is 2.45. The van der Waals surface area contributed by atoms with Gasteiger partial charge in [0.2, 0.25) is 0 Å². The molecule has 108 valence electrons. The van der Waals surface area contributed by atoms with E-state index in [1.165, 1.54) is 5.54 Å². The SMILES string of the molecule is C=C/C=C(\C(=C/Cl)c1ccc(CCC)c(F)c1)C(C)C. The first kappa shape index (κ1) is 16.7. The maximum absolute atomic E-state index is 14.1. The maximum atomic E-state index is 14.1. The van der Waals surface area contributed by atoms with Gasteiger partial charge in [-0.3, -0.25) is 0 Å². The lowest BCUT2D eigenvalue weighted by Gasteiger charge is -2.16. The number of hydrogen-bond acceptors (Lipinski definition) is 0. The molecular weight excluding hydrogens is 271 g/mol. The Bertz CT molecular complexity index is 524. The maximum Gasteiger partial charge on any atom is 0.127 e. The molecule has 1 aromatic rings. The van der Waals surface area contributed by atoms with Crippen LogP contribution in [0.15, 0.2) is 48.0 Å². The molecule has 0 bridgehead atoms. The first-order chi connectivity index (χ1) is 9.54. The van der Waals surface area contributed by atoms with Gasteiger partial charge in [-0.15, -0.1) is 0 Å². The summed E-state index contributed by atoms with van der Waals surface area (Å²) in [7, 11) is 0. The van der Waals surface area contributed by atoms with Crippen molar-refractivity contribution in [2.45, 2.75) is 33.6 Å². The number of allylic oxidation sites excluding steroid dienone is 4. The molecule has 0 aliphatic carbocycles. The molecule has 0 fully saturated rings. The van der Waals surface area contributed by atoms with Gasteiger partial charge in [0.05, 0.1) is 0 Å². The highest BCUT2D eigenvalue weighted by molar-refractivity contribution is 6.29. The minimum atomic E-state index is -0.165. The van der Waals surface area contributed by atoms with Gasteiger partial charge in [-0.2, -0.15) is 0 Å². The Morgan fingerprint density at radius 1 is 1.40 bits per heavy atom. The Labute approximate surface area is 126 Å². The zero-order chi connectivity index (χ0) is 15.1. The lowest BCUT2D eigenvalue weighted by atomic mass is 9.90. The Morgan fingerprint density at radius 2 is 2.10 bits per heavy atom. The van der Waals surface area contributed by atoms with E-state index in [-0.39, 0.29) is 11.7 Å². The summed E-state index contributed by atoms with van der Waals surface area (Å²) in [4.78, 5) is 0. The molecule has 0 unspecified atom stereocenters. The molecule has 0 radical (unpaired) electrons. The van der Waals surface area contributed by atoms with Crippen LogP contribution in [-0.2, 0) is 6.42 Å². The summed E-state index contributed by atoms with van der Waals surface area (Å²) < 4.78 is 14.1. The molecular formula is C18H22ClF. The van der Waals surface area contributed by atoms with E-state index >= 15 is 0 Å². The first-order valence-electron chi connectivity index (χ1n) is 6.97. The third-order valence-electron chi connectivity index (χ3n) is 3.22. The molecule has 1 rings (SSSR count). The van der Waals surface area contributed by atoms with Crippen LogP contribution in [0.4, 0.5) is 4.39 Å². The molecule has 0 aliphatic rings. The van der Waals surface area contributed by atoms with Crippen LogP contribution in [0.2, 0.25) is 0 Å². The van der Waals surface area contributed by atoms with Crippen molar-refractivity contribution >= 4 is 17.2 Å². The van der Waals surface area contributed by atoms with E-state index in [0.717, 1.165) is 35.1 Å². The highest BCUT2D eigenvalue weighted by Gasteiger charge is 2.13. The minimum absolute atomic E-state index is 0.165. The lowest BCUT2D eigenvalue weighted by molar-refractivity contribution is 0.607. The molecule has 0 N–H and O–H groups in total. The Morgan fingerprint density at radius 3 is 2.55 bits per heavy atom. The molecule has 0 saturated carbocycles. The third kappa shape index (κ3) is 4.08. The smallest absolute Gasteiger partial charge is 0.127 e. The monoisotopic (exact) mass is 292 g/mol. The highest BCUT2D eigenvalue weighted by Crippen LogP contribution is 2.30. The summed E-state index contributed by atoms with van der Waals surface area (Å²) in [5, 5.41) is 0. The third-order valence-corrected chi connectivity index (χ3v) is 3.44. The largest absolute Gasteiger partial charge is 0.207 e. The summed E-state index contributed by atoms with van der Waals surface area (Å²) in [5.41, 5.74) is 4.98. The summed E-state index contributed by atoms with van der Waals surface area (Å²) in [6.45, 7) is 9.93. The Hall–Kier alpha value is -1.34. The second-order valence-corrected chi connectivity index (χ2v) is 5.31. The van der Waals surface area contributed by atoms with Gasteiger partial charge < -0.3 is 0 Å². The van der Waals surface area contributed by atoms with Gasteiger partial charge >= 0.3 is 0 Å². The van der Waals surface area contributed by atoms with E-state index < -0.39 is 0 Å². The molecule has 0 heterocycles. The van der Waals surface area contributed by atoms with Crippen LogP contribution in [-0.4, -0.2) is 0 Å². The van der Waals surface area contributed by atoms with Crippen molar-refractivity contribution < 1.29 is 4.39 Å². The van der Waals surface area contributed by atoms with Gasteiger partial charge in [0.1, 0.15) is 5.82 Å². The Kier molecular flexibility index (Phi) is 6.74. The average molecular weight is 293 g/mol. The summed E-state index contributed by atoms with van der Waals surface area (Å²) in [6.07, 6.45) is 5.35. The summed E-state index contributed by atoms with van der Waals surface area (Å²) in [6, 6.07) is 5.35. The van der Waals surface area contributed by atoms with E-state index in [2.05, 4.69) is 20.4 Å². The molecule has 20 heavy (non-hydrogen) atoms. The van der Waals surface area contributed by atoms with E-state index in [1.54, 1.807) is 12.1 Å². The van der Waals surface area contributed by atoms with Crippen LogP contribution in [0.1, 0.15) is 38.3 Å². The van der Waals surface area contributed by atoms with E-state index in [0.29, 0.717) is 0 Å². The number of rotatable bonds is 6. The fraction of sp³-hybridized carbons (Fsp3) is 0.333. The number of halogens is 2. The first-order valence-corrected chi connectivity index (χ1v) is 7.40. The standard InChI is InChI=1S/C18H22ClF/c1-5-7-14-9-10-15(11-18(14)20)17(12-19)16(8-6-2)13(3)4/h6,8-13H,2,5,7H2,1,3-4H3/b16-8-,17-12-. The molecule has 0 aromatic heterocycles. The van der Waals surface area contributed by atoms with Crippen LogP contribution in [0.25, 0.3) is 5.57 Å². The van der Waals surface area contributed by atoms with Gasteiger partial charge in [-0.25, -0.2) is 4.39 Å².